The molecule has 1 aliphatic carbocycles. The zero-order valence-electron chi connectivity index (χ0n) is 6.91. The zero-order chi connectivity index (χ0) is 8.55. The van der Waals surface area contributed by atoms with Crippen molar-refractivity contribution in [3.05, 3.63) is 35.4 Å². The Hall–Kier alpha value is -1.57. The standard InChI is InChI=1S/C10H10N2/c1-12-10(11)9-6-7-4-2-3-5-8(7)9/h2-6H,1H3,(H2,11,12). The summed E-state index contributed by atoms with van der Waals surface area (Å²) in [5.74, 6) is 0.619. The Morgan fingerprint density at radius 2 is 2.08 bits per heavy atom. The molecule has 12 heavy (non-hydrogen) atoms. The van der Waals surface area contributed by atoms with Crippen LogP contribution >= 0.6 is 0 Å². The second-order valence-electron chi connectivity index (χ2n) is 2.75. The Balaban J connectivity index is 2.40. The molecular weight excluding hydrogens is 148 g/mol. The van der Waals surface area contributed by atoms with Gasteiger partial charge in [0.15, 0.2) is 0 Å². The summed E-state index contributed by atoms with van der Waals surface area (Å²) in [6.45, 7) is 0. The van der Waals surface area contributed by atoms with E-state index in [9.17, 15) is 0 Å². The van der Waals surface area contributed by atoms with Crippen LogP contribution in [0.2, 0.25) is 0 Å². The van der Waals surface area contributed by atoms with Gasteiger partial charge < -0.3 is 5.73 Å². The van der Waals surface area contributed by atoms with Crippen LogP contribution in [-0.2, 0) is 0 Å². The van der Waals surface area contributed by atoms with Gasteiger partial charge in [-0.25, -0.2) is 0 Å². The summed E-state index contributed by atoms with van der Waals surface area (Å²) in [6, 6.07) is 8.16. The first kappa shape index (κ1) is 7.10. The molecule has 0 saturated heterocycles. The van der Waals surface area contributed by atoms with Crippen LogP contribution < -0.4 is 5.73 Å². The molecule has 0 fully saturated rings. The van der Waals surface area contributed by atoms with Gasteiger partial charge in [-0.2, -0.15) is 0 Å². The molecule has 0 amide bonds. The summed E-state index contributed by atoms with van der Waals surface area (Å²) in [6.07, 6.45) is 2.05. The Kier molecular flexibility index (Phi) is 1.47. The highest BCUT2D eigenvalue weighted by Crippen LogP contribution is 2.31. The normalized spacial score (nSPS) is 14.8. The van der Waals surface area contributed by atoms with Crippen LogP contribution in [0.25, 0.3) is 11.6 Å². The number of hydrogen-bond acceptors (Lipinski definition) is 1. The van der Waals surface area contributed by atoms with E-state index in [0.717, 1.165) is 5.57 Å². The Bertz CT molecular complexity index is 375. The lowest BCUT2D eigenvalue weighted by Crippen LogP contribution is -2.17. The van der Waals surface area contributed by atoms with Gasteiger partial charge in [0.1, 0.15) is 5.84 Å². The topological polar surface area (TPSA) is 38.4 Å². The first-order valence-corrected chi connectivity index (χ1v) is 3.86. The molecule has 2 heteroatoms. The van der Waals surface area contributed by atoms with E-state index in [2.05, 4.69) is 23.2 Å². The fourth-order valence-electron chi connectivity index (χ4n) is 1.36. The molecule has 1 aromatic rings. The van der Waals surface area contributed by atoms with Crippen LogP contribution in [0.4, 0.5) is 0 Å². The molecule has 0 saturated carbocycles. The smallest absolute Gasteiger partial charge is 0.125 e. The van der Waals surface area contributed by atoms with Gasteiger partial charge in [0.2, 0.25) is 0 Å². The van der Waals surface area contributed by atoms with Crippen LogP contribution in [0.15, 0.2) is 29.3 Å². The van der Waals surface area contributed by atoms with Gasteiger partial charge in [-0.3, -0.25) is 4.99 Å². The van der Waals surface area contributed by atoms with E-state index in [0.29, 0.717) is 5.84 Å². The van der Waals surface area contributed by atoms with Crippen molar-refractivity contribution in [3.63, 3.8) is 0 Å². The minimum absolute atomic E-state index is 0.619. The second kappa shape index (κ2) is 2.48. The number of aliphatic imine (C=N–C) groups is 1. The summed E-state index contributed by atoms with van der Waals surface area (Å²) in [4.78, 5) is 3.94. The van der Waals surface area contributed by atoms with Gasteiger partial charge in [0.05, 0.1) is 0 Å². The van der Waals surface area contributed by atoms with Crippen molar-refractivity contribution in [3.8, 4) is 0 Å². The maximum Gasteiger partial charge on any atom is 0.125 e. The van der Waals surface area contributed by atoms with Crippen LogP contribution in [-0.4, -0.2) is 12.9 Å². The summed E-state index contributed by atoms with van der Waals surface area (Å²) >= 11 is 0. The van der Waals surface area contributed by atoms with Crippen molar-refractivity contribution >= 4 is 17.5 Å². The molecule has 2 rings (SSSR count). The van der Waals surface area contributed by atoms with Crippen molar-refractivity contribution in [2.24, 2.45) is 10.7 Å². The van der Waals surface area contributed by atoms with Gasteiger partial charge in [-0.05, 0) is 17.2 Å². The number of amidine groups is 1. The van der Waals surface area contributed by atoms with Crippen LogP contribution in [0.1, 0.15) is 11.1 Å². The lowest BCUT2D eigenvalue weighted by molar-refractivity contribution is 1.40. The van der Waals surface area contributed by atoms with Gasteiger partial charge in [-0.1, -0.05) is 24.3 Å². The minimum atomic E-state index is 0.619. The number of rotatable bonds is 1. The summed E-state index contributed by atoms with van der Waals surface area (Å²) in [5.41, 5.74) is 9.20. The van der Waals surface area contributed by atoms with E-state index in [-0.39, 0.29) is 0 Å². The highest BCUT2D eigenvalue weighted by Gasteiger charge is 2.17. The van der Waals surface area contributed by atoms with E-state index in [1.54, 1.807) is 7.05 Å². The SMILES string of the molecule is C/N=C(\N)C1=Cc2ccccc21. The molecule has 0 spiro atoms. The Labute approximate surface area is 71.4 Å². The molecule has 0 heterocycles. The van der Waals surface area contributed by atoms with Crippen molar-refractivity contribution < 1.29 is 0 Å². The van der Waals surface area contributed by atoms with Gasteiger partial charge in [0, 0.05) is 12.6 Å². The monoisotopic (exact) mass is 158 g/mol. The van der Waals surface area contributed by atoms with Crippen molar-refractivity contribution in [2.45, 2.75) is 0 Å². The zero-order valence-corrected chi connectivity index (χ0v) is 6.91. The first-order valence-electron chi connectivity index (χ1n) is 3.86. The predicted octanol–water partition coefficient (Wildman–Crippen LogP) is 1.53. The Morgan fingerprint density at radius 3 is 2.75 bits per heavy atom. The average molecular weight is 158 g/mol. The highest BCUT2D eigenvalue weighted by molar-refractivity contribution is 6.31. The van der Waals surface area contributed by atoms with Gasteiger partial charge in [0.25, 0.3) is 0 Å². The molecule has 1 aliphatic rings. The molecule has 2 nitrogen and oxygen atoms in total. The second-order valence-corrected chi connectivity index (χ2v) is 2.75. The van der Waals surface area contributed by atoms with Gasteiger partial charge >= 0.3 is 0 Å². The molecule has 0 unspecified atom stereocenters. The largest absolute Gasteiger partial charge is 0.383 e. The summed E-state index contributed by atoms with van der Waals surface area (Å²) in [5, 5.41) is 0. The van der Waals surface area contributed by atoms with E-state index < -0.39 is 0 Å². The van der Waals surface area contributed by atoms with Gasteiger partial charge in [-0.15, -0.1) is 0 Å². The molecule has 0 atom stereocenters. The van der Waals surface area contributed by atoms with E-state index >= 15 is 0 Å². The first-order chi connectivity index (χ1) is 5.83. The number of hydrogen-bond donors (Lipinski definition) is 1. The third-order valence-electron chi connectivity index (χ3n) is 2.07. The van der Waals surface area contributed by atoms with E-state index in [4.69, 9.17) is 5.73 Å². The molecular formula is C10H10N2. The lowest BCUT2D eigenvalue weighted by atomic mass is 9.88. The predicted molar refractivity (Wildman–Crippen MR) is 51.9 cm³/mol. The van der Waals surface area contributed by atoms with Crippen LogP contribution in [0.3, 0.4) is 0 Å². The van der Waals surface area contributed by atoms with Crippen molar-refractivity contribution in [2.75, 3.05) is 7.05 Å². The minimum Gasteiger partial charge on any atom is -0.383 e. The van der Waals surface area contributed by atoms with E-state index in [1.165, 1.54) is 11.1 Å². The van der Waals surface area contributed by atoms with E-state index in [1.807, 2.05) is 12.1 Å². The molecule has 0 bridgehead atoms. The summed E-state index contributed by atoms with van der Waals surface area (Å²) < 4.78 is 0. The quantitative estimate of drug-likeness (QED) is 0.488. The van der Waals surface area contributed by atoms with Crippen molar-refractivity contribution in [1.29, 1.82) is 0 Å². The molecule has 60 valence electrons. The van der Waals surface area contributed by atoms with Crippen LogP contribution in [0, 0.1) is 0 Å². The maximum absolute atomic E-state index is 5.67. The molecule has 1 aromatic carbocycles. The summed E-state index contributed by atoms with van der Waals surface area (Å²) in [7, 11) is 1.71. The third-order valence-corrected chi connectivity index (χ3v) is 2.07. The number of nitrogens with two attached hydrogens (primary N) is 1. The number of fused-ring (bicyclic) bond motifs is 1. The lowest BCUT2D eigenvalue weighted by Gasteiger charge is -2.18. The van der Waals surface area contributed by atoms with Crippen molar-refractivity contribution in [1.82, 2.24) is 0 Å². The Morgan fingerprint density at radius 1 is 1.33 bits per heavy atom. The van der Waals surface area contributed by atoms with Crippen LogP contribution in [0.5, 0.6) is 0 Å². The number of nitrogens with zero attached hydrogens (tertiary/aromatic N) is 1. The third kappa shape index (κ3) is 0.848. The fourth-order valence-corrected chi connectivity index (χ4v) is 1.36. The molecule has 0 aromatic heterocycles. The molecule has 0 aliphatic heterocycles. The average Bonchev–Trinajstić information content (AvgIpc) is 2.07. The fraction of sp³-hybridized carbons (Fsp3) is 0.100. The maximum atomic E-state index is 5.67. The highest BCUT2D eigenvalue weighted by atomic mass is 14.8. The molecule has 2 N–H and O–H groups in total. The number of benzene rings is 1. The molecule has 0 radical (unpaired) electrons.